The Hall–Kier alpha value is -1.92. The lowest BCUT2D eigenvalue weighted by Gasteiger charge is -2.22. The number of aliphatic imine (C=N–C) groups is 1. The quantitative estimate of drug-likeness (QED) is 0.0256. The third-order valence-electron chi connectivity index (χ3n) is 7.65. The molecular formula is C30H48N5O18P3S4. The zero-order valence-electron chi connectivity index (χ0n) is 32.7. The first kappa shape index (κ1) is 52.4. The molecule has 0 aromatic carbocycles. The van der Waals surface area contributed by atoms with Gasteiger partial charge in [0.25, 0.3) is 0 Å². The Labute approximate surface area is 360 Å². The third-order valence-corrected chi connectivity index (χ3v) is 15.2. The van der Waals surface area contributed by atoms with Gasteiger partial charge in [0.1, 0.15) is 29.9 Å². The summed E-state index contributed by atoms with van der Waals surface area (Å²) in [6.45, 7) is 4.09. The number of aromatic nitrogens is 1. The number of rotatable bonds is 24. The van der Waals surface area contributed by atoms with Crippen molar-refractivity contribution in [3.8, 4) is 11.8 Å². The van der Waals surface area contributed by atoms with Crippen LogP contribution in [-0.2, 0) is 71.2 Å². The van der Waals surface area contributed by atoms with Gasteiger partial charge in [0, 0.05) is 31.0 Å². The molecule has 0 spiro atoms. The SMILES string of the molecule is CNC(=O)OCCC(C)(C)SSCOCCCCOC(=O)NCC#Cc1cn([C@H]2C[C@@H](OCS(C)=S)[C@@H](COP(=O)(O)OP(=O)(O)OP(=O)(O)O)O2)c2c1C(=O)CC(N)=N2. The van der Waals surface area contributed by atoms with Gasteiger partial charge < -0.3 is 64.2 Å². The Morgan fingerprint density at radius 2 is 1.82 bits per heavy atom. The number of nitrogens with one attached hydrogen (secondary N) is 2. The number of Topliss-reactive ketones (excluding diaryl/α,β-unsaturated/α-hetero) is 1. The lowest BCUT2D eigenvalue weighted by Crippen LogP contribution is -2.29. The van der Waals surface area contributed by atoms with E-state index in [0.29, 0.717) is 38.4 Å². The van der Waals surface area contributed by atoms with E-state index >= 15 is 0 Å². The maximum atomic E-state index is 13.1. The molecule has 23 nitrogen and oxygen atoms in total. The molecule has 6 atom stereocenters. The highest BCUT2D eigenvalue weighted by atomic mass is 33.1. The molecule has 1 fully saturated rings. The average Bonchev–Trinajstić information content (AvgIpc) is 3.70. The molecule has 8 N–H and O–H groups in total. The van der Waals surface area contributed by atoms with Crippen molar-refractivity contribution in [1.29, 1.82) is 0 Å². The first-order chi connectivity index (χ1) is 28.0. The van der Waals surface area contributed by atoms with Gasteiger partial charge in [-0.3, -0.25) is 9.32 Å². The van der Waals surface area contributed by atoms with Crippen molar-refractivity contribution in [1.82, 2.24) is 15.2 Å². The number of amidine groups is 1. The minimum atomic E-state index is -5.76. The first-order valence-corrected chi connectivity index (χ1v) is 27.2. The third kappa shape index (κ3) is 19.2. The van der Waals surface area contributed by atoms with E-state index in [2.05, 4.69) is 36.1 Å². The van der Waals surface area contributed by atoms with Crippen molar-refractivity contribution in [2.45, 2.75) is 69.1 Å². The summed E-state index contributed by atoms with van der Waals surface area (Å²) in [5.41, 5.74) is 6.31. The van der Waals surface area contributed by atoms with Gasteiger partial charge >= 0.3 is 35.7 Å². The molecule has 30 heteroatoms. The van der Waals surface area contributed by atoms with Crippen LogP contribution in [0.15, 0.2) is 11.2 Å². The number of alkyl carbamates (subject to hydrolysis) is 2. The Morgan fingerprint density at radius 1 is 1.12 bits per heavy atom. The second-order valence-electron chi connectivity index (χ2n) is 13.1. The maximum Gasteiger partial charge on any atom is 0.490 e. The average molecular weight is 988 g/mol. The highest BCUT2D eigenvalue weighted by Crippen LogP contribution is 2.66. The van der Waals surface area contributed by atoms with E-state index in [-0.39, 0.29) is 65.2 Å². The molecule has 60 heavy (non-hydrogen) atoms. The minimum absolute atomic E-state index is 0.0126. The van der Waals surface area contributed by atoms with Gasteiger partial charge in [-0.05, 0) is 50.6 Å². The van der Waals surface area contributed by atoms with Crippen LogP contribution >= 0.6 is 45.1 Å². The van der Waals surface area contributed by atoms with Crippen molar-refractivity contribution in [3.63, 3.8) is 0 Å². The van der Waals surface area contributed by atoms with Gasteiger partial charge in [-0.15, -0.1) is 0 Å². The van der Waals surface area contributed by atoms with Gasteiger partial charge in [0.15, 0.2) is 5.78 Å². The smallest absolute Gasteiger partial charge is 0.450 e. The van der Waals surface area contributed by atoms with E-state index in [0.717, 1.165) is 0 Å². The normalized spacial score (nSPS) is 20.4. The summed E-state index contributed by atoms with van der Waals surface area (Å²) in [7, 11) is -12.8. The number of nitrogens with zero attached hydrogens (tertiary/aromatic N) is 2. The largest absolute Gasteiger partial charge is 0.490 e. The second kappa shape index (κ2) is 24.2. The number of amides is 2. The van der Waals surface area contributed by atoms with E-state index < -0.39 is 70.2 Å². The monoisotopic (exact) mass is 987 g/mol. The first-order valence-electron chi connectivity index (χ1n) is 17.6. The maximum absolute atomic E-state index is 13.1. The van der Waals surface area contributed by atoms with Crippen molar-refractivity contribution in [2.24, 2.45) is 10.7 Å². The van der Waals surface area contributed by atoms with Crippen LogP contribution in [0.5, 0.6) is 0 Å². The Balaban J connectivity index is 1.53. The Kier molecular flexibility index (Phi) is 21.2. The van der Waals surface area contributed by atoms with Crippen LogP contribution in [0.3, 0.4) is 0 Å². The van der Waals surface area contributed by atoms with E-state index in [4.69, 9.17) is 54.9 Å². The molecule has 3 heterocycles. The van der Waals surface area contributed by atoms with Crippen LogP contribution in [-0.4, -0.2) is 123 Å². The number of fused-ring (bicyclic) bond motifs is 1. The van der Waals surface area contributed by atoms with E-state index in [1.807, 2.05) is 13.8 Å². The number of ketones is 1. The molecule has 1 aromatic rings. The summed E-state index contributed by atoms with van der Waals surface area (Å²) >= 11 is 5.20. The molecule has 0 aliphatic carbocycles. The summed E-state index contributed by atoms with van der Waals surface area (Å²) in [4.78, 5) is 77.9. The van der Waals surface area contributed by atoms with Gasteiger partial charge in [-0.2, -0.15) is 8.62 Å². The molecule has 1 aromatic heterocycles. The predicted molar refractivity (Wildman–Crippen MR) is 224 cm³/mol. The zero-order valence-corrected chi connectivity index (χ0v) is 38.7. The fraction of sp³-hybridized carbons (Fsp3) is 0.667. The van der Waals surface area contributed by atoms with Crippen molar-refractivity contribution < 1.29 is 84.5 Å². The van der Waals surface area contributed by atoms with E-state index in [1.165, 1.54) is 17.8 Å². The van der Waals surface area contributed by atoms with Gasteiger partial charge in [0.2, 0.25) is 0 Å². The molecule has 1 saturated heterocycles. The number of phosphoric ester groups is 1. The number of carbonyl (C=O) groups is 3. The van der Waals surface area contributed by atoms with E-state index in [1.54, 1.807) is 27.8 Å². The molecule has 2 aliphatic rings. The van der Waals surface area contributed by atoms with Crippen LogP contribution < -0.4 is 16.4 Å². The Bertz CT molecular complexity index is 1940. The molecule has 340 valence electrons. The number of hydrogen-bond donors (Lipinski definition) is 7. The summed E-state index contributed by atoms with van der Waals surface area (Å²) < 4.78 is 76.6. The number of phosphoric acid groups is 3. The van der Waals surface area contributed by atoms with Gasteiger partial charge in [0.05, 0.1) is 56.0 Å². The number of ether oxygens (including phenoxy) is 5. The number of carbonyl (C=O) groups excluding carboxylic acids is 3. The van der Waals surface area contributed by atoms with E-state index in [9.17, 15) is 37.9 Å². The van der Waals surface area contributed by atoms with Crippen molar-refractivity contribution >= 4 is 95.3 Å². The zero-order chi connectivity index (χ0) is 44.7. The van der Waals surface area contributed by atoms with Crippen LogP contribution in [0.1, 0.15) is 68.1 Å². The van der Waals surface area contributed by atoms with Gasteiger partial charge in [-0.1, -0.05) is 42.9 Å². The number of nitrogens with two attached hydrogens (primary N) is 1. The molecular weight excluding hydrogens is 940 g/mol. The van der Waals surface area contributed by atoms with Crippen molar-refractivity contribution in [2.75, 3.05) is 58.2 Å². The fourth-order valence-corrected chi connectivity index (χ4v) is 10.9. The van der Waals surface area contributed by atoms with Crippen LogP contribution in [0, 0.1) is 11.8 Å². The summed E-state index contributed by atoms with van der Waals surface area (Å²) in [5, 5.41) is 4.92. The Morgan fingerprint density at radius 3 is 2.50 bits per heavy atom. The predicted octanol–water partition coefficient (Wildman–Crippen LogP) is 3.48. The van der Waals surface area contributed by atoms with Crippen molar-refractivity contribution in [3.05, 3.63) is 17.3 Å². The highest BCUT2D eigenvalue weighted by molar-refractivity contribution is 8.77. The minimum Gasteiger partial charge on any atom is -0.450 e. The second-order valence-corrected chi connectivity index (χ2v) is 23.6. The topological polar surface area (TPSA) is 325 Å². The molecule has 3 rings (SSSR count). The number of unbranched alkanes of at least 4 members (excludes halogenated alkanes) is 1. The highest BCUT2D eigenvalue weighted by Gasteiger charge is 2.44. The molecule has 2 aliphatic heterocycles. The lowest BCUT2D eigenvalue weighted by molar-refractivity contribution is -0.0527. The van der Waals surface area contributed by atoms with Crippen LogP contribution in [0.4, 0.5) is 15.4 Å². The summed E-state index contributed by atoms with van der Waals surface area (Å²) in [6.07, 6.45) is 0.790. The molecule has 2 amide bonds. The standard InChI is InChI=1S/C30H48N5O18P3S4/c1-30(2,9-13-48-28(37)32-3)59-58-18-46-11-5-6-12-47-29(38)33-10-7-8-20-16-35(27-26(20)21(36)14-24(31)34-27)25-15-22(49-19-60(4)57)23(51-25)17-50-55(42,43)53-56(44,45)52-54(39,40)41/h16,22-23,25H,5-6,9-15,17-19H2,1-4H3,(H2,31,34)(H,32,37)(H,33,38)(H,42,43)(H,44,45)(H2,39,40,41)/t22-,23-,25-,60?/m1/s1. The molecule has 3 unspecified atom stereocenters. The number of hydrogen-bond acceptors (Lipinski definition) is 19. The molecule has 0 saturated carbocycles. The summed E-state index contributed by atoms with van der Waals surface area (Å²) in [6, 6.07) is 0. The molecule has 0 radical (unpaired) electrons. The lowest BCUT2D eigenvalue weighted by atomic mass is 10.0. The van der Waals surface area contributed by atoms with Crippen LogP contribution in [0.2, 0.25) is 0 Å². The molecule has 0 bridgehead atoms. The van der Waals surface area contributed by atoms with Crippen LogP contribution in [0.25, 0.3) is 0 Å². The van der Waals surface area contributed by atoms with Gasteiger partial charge in [-0.25, -0.2) is 28.3 Å². The fourth-order valence-electron chi connectivity index (χ4n) is 5.05. The summed E-state index contributed by atoms with van der Waals surface area (Å²) in [5.74, 6) is 5.87.